The van der Waals surface area contributed by atoms with Crippen molar-refractivity contribution in [2.45, 2.75) is 13.0 Å². The highest BCUT2D eigenvalue weighted by Gasteiger charge is 2.21. The zero-order valence-corrected chi connectivity index (χ0v) is 14.7. The topological polar surface area (TPSA) is 74.1 Å². The number of hydrogen-bond acceptors (Lipinski definition) is 6. The van der Waals surface area contributed by atoms with Crippen LogP contribution in [-0.4, -0.2) is 33.7 Å². The number of benzene rings is 1. The molecule has 0 radical (unpaired) electrons. The van der Waals surface area contributed by atoms with Gasteiger partial charge < -0.3 is 19.4 Å². The second kappa shape index (κ2) is 7.21. The van der Waals surface area contributed by atoms with E-state index in [9.17, 15) is 0 Å². The van der Waals surface area contributed by atoms with Crippen molar-refractivity contribution in [1.82, 2.24) is 19.5 Å². The van der Waals surface area contributed by atoms with E-state index in [1.165, 1.54) is 0 Å². The number of rotatable bonds is 6. The zero-order chi connectivity index (χ0) is 17.8. The molecule has 1 atom stereocenters. The molecule has 1 N–H and O–H groups in total. The maximum Gasteiger partial charge on any atom is 0.135 e. The molecule has 0 fully saturated rings. The normalized spacial score (nSPS) is 11.8. The lowest BCUT2D eigenvalue weighted by Crippen LogP contribution is -2.18. The van der Waals surface area contributed by atoms with Gasteiger partial charge in [0.1, 0.15) is 35.0 Å². The van der Waals surface area contributed by atoms with Crippen LogP contribution in [0, 0.1) is 6.92 Å². The average Bonchev–Trinajstić information content (AvgIpc) is 3.05. The second-order valence-electron chi connectivity index (χ2n) is 5.61. The Labute approximate surface area is 146 Å². The molecule has 7 nitrogen and oxygen atoms in total. The summed E-state index contributed by atoms with van der Waals surface area (Å²) in [7, 11) is 5.23. The largest absolute Gasteiger partial charge is 0.497 e. The summed E-state index contributed by atoms with van der Waals surface area (Å²) in [6, 6.07) is 7.37. The van der Waals surface area contributed by atoms with Gasteiger partial charge in [-0.05, 0) is 30.7 Å². The third kappa shape index (κ3) is 3.71. The number of anilines is 1. The molecule has 0 spiro atoms. The van der Waals surface area contributed by atoms with Crippen LogP contribution in [-0.2, 0) is 7.05 Å². The van der Waals surface area contributed by atoms with Crippen molar-refractivity contribution in [1.29, 1.82) is 0 Å². The van der Waals surface area contributed by atoms with Gasteiger partial charge in [0.15, 0.2) is 0 Å². The van der Waals surface area contributed by atoms with Gasteiger partial charge in [0, 0.05) is 31.7 Å². The molecule has 0 saturated carbocycles. The summed E-state index contributed by atoms with van der Waals surface area (Å²) < 4.78 is 12.8. The van der Waals surface area contributed by atoms with E-state index in [2.05, 4.69) is 20.3 Å². The number of hydrogen-bond donors (Lipinski definition) is 1. The van der Waals surface area contributed by atoms with Crippen molar-refractivity contribution in [3.8, 4) is 11.5 Å². The van der Waals surface area contributed by atoms with Crippen molar-refractivity contribution in [3.63, 3.8) is 0 Å². The van der Waals surface area contributed by atoms with Gasteiger partial charge in [-0.25, -0.2) is 15.0 Å². The van der Waals surface area contributed by atoms with Crippen LogP contribution in [0.2, 0.25) is 0 Å². The molecule has 3 aromatic rings. The van der Waals surface area contributed by atoms with E-state index in [4.69, 9.17) is 9.47 Å². The van der Waals surface area contributed by atoms with Crippen LogP contribution in [0.3, 0.4) is 0 Å². The average molecular weight is 339 g/mol. The van der Waals surface area contributed by atoms with E-state index in [1.807, 2.05) is 49.0 Å². The molecule has 0 saturated heterocycles. The molecule has 0 aliphatic rings. The van der Waals surface area contributed by atoms with E-state index in [0.717, 1.165) is 17.2 Å². The van der Waals surface area contributed by atoms with Crippen molar-refractivity contribution >= 4 is 5.82 Å². The quantitative estimate of drug-likeness (QED) is 0.744. The Bertz CT molecular complexity index is 840. The summed E-state index contributed by atoms with van der Waals surface area (Å²) in [5.41, 5.74) is 0.960. The van der Waals surface area contributed by atoms with Gasteiger partial charge in [-0.3, -0.25) is 0 Å². The lowest BCUT2D eigenvalue weighted by Gasteiger charge is -2.21. The smallest absolute Gasteiger partial charge is 0.135 e. The standard InChI is InChI=1S/C18H21N5O2/c1-12-19-6-5-16(21-12)22-17(18-20-7-8-23(18)2)13-9-14(24-3)11-15(10-13)25-4/h5-11,17H,1-4H3,(H,19,21,22)/t17-/m1/s1. The molecular weight excluding hydrogens is 318 g/mol. The van der Waals surface area contributed by atoms with Crippen LogP contribution >= 0.6 is 0 Å². The number of imidazole rings is 1. The van der Waals surface area contributed by atoms with Gasteiger partial charge in [0.2, 0.25) is 0 Å². The van der Waals surface area contributed by atoms with Gasteiger partial charge in [-0.2, -0.15) is 0 Å². The molecule has 7 heteroatoms. The van der Waals surface area contributed by atoms with E-state index in [-0.39, 0.29) is 6.04 Å². The first kappa shape index (κ1) is 16.8. The predicted octanol–water partition coefficient (Wildman–Crippen LogP) is 2.74. The van der Waals surface area contributed by atoms with Crippen molar-refractivity contribution < 1.29 is 9.47 Å². The SMILES string of the molecule is COc1cc(OC)cc([C@@H](Nc2ccnc(C)n2)c2nccn2C)c1. The molecule has 25 heavy (non-hydrogen) atoms. The minimum absolute atomic E-state index is 0.224. The molecule has 1 aromatic carbocycles. The molecule has 0 aliphatic carbocycles. The number of aryl methyl sites for hydroxylation is 2. The first-order valence-corrected chi connectivity index (χ1v) is 7.87. The minimum atomic E-state index is -0.224. The summed E-state index contributed by atoms with van der Waals surface area (Å²) in [4.78, 5) is 13.1. The van der Waals surface area contributed by atoms with Gasteiger partial charge in [-0.1, -0.05) is 0 Å². The highest BCUT2D eigenvalue weighted by atomic mass is 16.5. The summed E-state index contributed by atoms with van der Waals surface area (Å²) in [6.45, 7) is 1.86. The fraction of sp³-hybridized carbons (Fsp3) is 0.278. The Morgan fingerprint density at radius 1 is 1.04 bits per heavy atom. The number of methoxy groups -OCH3 is 2. The first-order valence-electron chi connectivity index (χ1n) is 7.87. The van der Waals surface area contributed by atoms with Gasteiger partial charge in [0.05, 0.1) is 14.2 Å². The second-order valence-corrected chi connectivity index (χ2v) is 5.61. The minimum Gasteiger partial charge on any atom is -0.497 e. The Morgan fingerprint density at radius 3 is 2.32 bits per heavy atom. The number of ether oxygens (including phenoxy) is 2. The molecule has 2 aromatic heterocycles. The van der Waals surface area contributed by atoms with Gasteiger partial charge in [0.25, 0.3) is 0 Å². The summed E-state index contributed by atoms with van der Waals surface area (Å²) in [5.74, 6) is 3.71. The fourth-order valence-electron chi connectivity index (χ4n) is 2.63. The summed E-state index contributed by atoms with van der Waals surface area (Å²) in [6.07, 6.45) is 5.41. The van der Waals surface area contributed by atoms with Crippen LogP contribution in [0.25, 0.3) is 0 Å². The monoisotopic (exact) mass is 339 g/mol. The van der Waals surface area contributed by atoms with Crippen LogP contribution in [0.5, 0.6) is 11.5 Å². The lowest BCUT2D eigenvalue weighted by atomic mass is 10.0. The summed E-state index contributed by atoms with van der Waals surface area (Å²) in [5, 5.41) is 3.44. The zero-order valence-electron chi connectivity index (χ0n) is 14.7. The first-order chi connectivity index (χ1) is 12.1. The van der Waals surface area contributed by atoms with E-state index >= 15 is 0 Å². The van der Waals surface area contributed by atoms with Crippen LogP contribution in [0.1, 0.15) is 23.3 Å². The van der Waals surface area contributed by atoms with E-state index in [1.54, 1.807) is 26.6 Å². The Hall–Kier alpha value is -3.09. The van der Waals surface area contributed by atoms with Crippen LogP contribution in [0.4, 0.5) is 5.82 Å². The maximum absolute atomic E-state index is 5.40. The van der Waals surface area contributed by atoms with Crippen molar-refractivity contribution in [2.24, 2.45) is 7.05 Å². The summed E-state index contributed by atoms with van der Waals surface area (Å²) >= 11 is 0. The van der Waals surface area contributed by atoms with E-state index in [0.29, 0.717) is 17.3 Å². The number of nitrogens with one attached hydrogen (secondary N) is 1. The molecule has 3 rings (SSSR count). The Morgan fingerprint density at radius 2 is 1.76 bits per heavy atom. The van der Waals surface area contributed by atoms with Gasteiger partial charge >= 0.3 is 0 Å². The molecule has 0 aliphatic heterocycles. The molecule has 0 bridgehead atoms. The molecular formula is C18H21N5O2. The Kier molecular flexibility index (Phi) is 4.83. The Balaban J connectivity index is 2.07. The maximum atomic E-state index is 5.40. The van der Waals surface area contributed by atoms with Crippen LogP contribution in [0.15, 0.2) is 42.9 Å². The predicted molar refractivity (Wildman–Crippen MR) is 95.0 cm³/mol. The van der Waals surface area contributed by atoms with Crippen LogP contribution < -0.4 is 14.8 Å². The van der Waals surface area contributed by atoms with Crippen molar-refractivity contribution in [3.05, 3.63) is 60.1 Å². The highest BCUT2D eigenvalue weighted by Crippen LogP contribution is 2.31. The molecule has 2 heterocycles. The van der Waals surface area contributed by atoms with Gasteiger partial charge in [-0.15, -0.1) is 0 Å². The fourth-order valence-corrected chi connectivity index (χ4v) is 2.63. The molecule has 0 amide bonds. The van der Waals surface area contributed by atoms with E-state index < -0.39 is 0 Å². The molecule has 130 valence electrons. The van der Waals surface area contributed by atoms with Crippen molar-refractivity contribution in [2.75, 3.05) is 19.5 Å². The number of nitrogens with zero attached hydrogens (tertiary/aromatic N) is 4. The lowest BCUT2D eigenvalue weighted by molar-refractivity contribution is 0.393. The third-order valence-corrected chi connectivity index (χ3v) is 3.89. The highest BCUT2D eigenvalue weighted by molar-refractivity contribution is 5.46. The number of aromatic nitrogens is 4. The molecule has 0 unspecified atom stereocenters. The third-order valence-electron chi connectivity index (χ3n) is 3.89.